The summed E-state index contributed by atoms with van der Waals surface area (Å²) in [5.74, 6) is 1.71. The third-order valence-electron chi connectivity index (χ3n) is 5.64. The molecule has 182 valence electrons. The van der Waals surface area contributed by atoms with Gasteiger partial charge in [0, 0.05) is 24.6 Å². The molecule has 0 aliphatic carbocycles. The van der Waals surface area contributed by atoms with E-state index in [0.29, 0.717) is 12.3 Å². The molecule has 0 bridgehead atoms. The first-order valence-corrected chi connectivity index (χ1v) is 12.0. The number of unbranched alkanes of at least 4 members (excludes halogenated alkanes) is 1. The summed E-state index contributed by atoms with van der Waals surface area (Å²) >= 11 is 0. The highest BCUT2D eigenvalue weighted by Gasteiger charge is 2.19. The quantitative estimate of drug-likeness (QED) is 0.229. The molecular formula is C29H32N2O4. The Labute approximate surface area is 206 Å². The van der Waals surface area contributed by atoms with Crippen LogP contribution in [0.15, 0.2) is 66.7 Å². The maximum absolute atomic E-state index is 12.2. The number of aryl methyl sites for hydroxylation is 1. The van der Waals surface area contributed by atoms with Gasteiger partial charge in [0.05, 0.1) is 11.0 Å². The van der Waals surface area contributed by atoms with Crippen molar-refractivity contribution in [1.29, 1.82) is 0 Å². The monoisotopic (exact) mass is 472 g/mol. The second kappa shape index (κ2) is 10.2. The summed E-state index contributed by atoms with van der Waals surface area (Å²) < 4.78 is 13.0. The topological polar surface area (TPSA) is 73.6 Å². The van der Waals surface area contributed by atoms with Crippen LogP contribution in [0.5, 0.6) is 11.5 Å². The van der Waals surface area contributed by atoms with Gasteiger partial charge >= 0.3 is 6.16 Å². The number of rotatable bonds is 7. The molecule has 0 saturated heterocycles. The Morgan fingerprint density at radius 1 is 1.03 bits per heavy atom. The lowest BCUT2D eigenvalue weighted by molar-refractivity contribution is 0.0207. The number of carbonyl (C=O) groups is 1. The highest BCUT2D eigenvalue weighted by molar-refractivity contribution is 5.78. The second-order valence-corrected chi connectivity index (χ2v) is 9.65. The zero-order chi connectivity index (χ0) is 25.0. The van der Waals surface area contributed by atoms with Crippen molar-refractivity contribution in [2.24, 2.45) is 0 Å². The number of fused-ring (bicyclic) bond motifs is 1. The van der Waals surface area contributed by atoms with E-state index in [-0.39, 0.29) is 5.75 Å². The lowest BCUT2D eigenvalue weighted by Gasteiger charge is -2.19. The van der Waals surface area contributed by atoms with Crippen molar-refractivity contribution in [1.82, 2.24) is 9.55 Å². The third kappa shape index (κ3) is 6.01. The Morgan fingerprint density at radius 2 is 1.77 bits per heavy atom. The molecule has 35 heavy (non-hydrogen) atoms. The van der Waals surface area contributed by atoms with Crippen LogP contribution in [0.3, 0.4) is 0 Å². The van der Waals surface area contributed by atoms with Crippen LogP contribution in [0.4, 0.5) is 4.79 Å². The van der Waals surface area contributed by atoms with Crippen LogP contribution in [0.25, 0.3) is 22.2 Å². The number of carbonyl (C=O) groups excluding carboxylic acids is 1. The minimum absolute atomic E-state index is 0.234. The highest BCUT2D eigenvalue weighted by Crippen LogP contribution is 2.31. The smallest absolute Gasteiger partial charge is 0.508 e. The fraction of sp³-hybridized carbons (Fsp3) is 0.310. The number of nitrogens with zero attached hydrogens (tertiary/aromatic N) is 2. The summed E-state index contributed by atoms with van der Waals surface area (Å²) in [6, 6.07) is 20.9. The van der Waals surface area contributed by atoms with E-state index in [2.05, 4.69) is 23.6 Å². The normalized spacial score (nSPS) is 11.5. The van der Waals surface area contributed by atoms with Crippen LogP contribution < -0.4 is 4.74 Å². The minimum Gasteiger partial charge on any atom is -0.508 e. The summed E-state index contributed by atoms with van der Waals surface area (Å²) in [7, 11) is 0. The molecule has 4 aromatic rings. The number of phenols is 1. The van der Waals surface area contributed by atoms with E-state index in [1.807, 2.05) is 36.4 Å². The molecule has 0 spiro atoms. The Kier molecular flexibility index (Phi) is 7.10. The van der Waals surface area contributed by atoms with E-state index in [1.165, 1.54) is 0 Å². The molecule has 0 saturated carbocycles. The van der Waals surface area contributed by atoms with Gasteiger partial charge < -0.3 is 19.1 Å². The van der Waals surface area contributed by atoms with E-state index in [9.17, 15) is 9.90 Å². The van der Waals surface area contributed by atoms with Gasteiger partial charge in [-0.2, -0.15) is 0 Å². The van der Waals surface area contributed by atoms with Crippen LogP contribution in [-0.4, -0.2) is 26.4 Å². The van der Waals surface area contributed by atoms with E-state index < -0.39 is 11.8 Å². The molecule has 0 radical (unpaired) electrons. The summed E-state index contributed by atoms with van der Waals surface area (Å²) in [6.45, 7) is 8.23. The number of benzene rings is 3. The third-order valence-corrected chi connectivity index (χ3v) is 5.64. The Balaban J connectivity index is 1.59. The van der Waals surface area contributed by atoms with Gasteiger partial charge in [0.15, 0.2) is 0 Å². The van der Waals surface area contributed by atoms with Crippen molar-refractivity contribution in [2.75, 3.05) is 0 Å². The standard InChI is InChI=1S/C29H32N2O4/c1-5-6-11-27-30-24-17-16-22(32)18-25(24)31(27)19-20-12-14-21(15-13-20)23-9-7-8-10-26(23)34-28(33)35-29(2,3)4/h7-10,12-18,32H,5-6,11,19H2,1-4H3. The van der Waals surface area contributed by atoms with Gasteiger partial charge in [0.1, 0.15) is 22.9 Å². The summed E-state index contributed by atoms with van der Waals surface area (Å²) in [6.07, 6.45) is 2.31. The van der Waals surface area contributed by atoms with Gasteiger partial charge in [-0.3, -0.25) is 0 Å². The van der Waals surface area contributed by atoms with Gasteiger partial charge in [-0.25, -0.2) is 9.78 Å². The van der Waals surface area contributed by atoms with E-state index in [0.717, 1.165) is 52.8 Å². The molecule has 0 fully saturated rings. The number of hydrogen-bond acceptors (Lipinski definition) is 5. The maximum atomic E-state index is 12.2. The molecular weight excluding hydrogens is 440 g/mol. The molecule has 0 aliphatic rings. The lowest BCUT2D eigenvalue weighted by Crippen LogP contribution is -2.26. The summed E-state index contributed by atoms with van der Waals surface area (Å²) in [4.78, 5) is 17.0. The van der Waals surface area contributed by atoms with Gasteiger partial charge in [-0.1, -0.05) is 55.8 Å². The SMILES string of the molecule is CCCCc1nc2ccc(O)cc2n1Cc1ccc(-c2ccccc2OC(=O)OC(C)(C)C)cc1. The predicted octanol–water partition coefficient (Wildman–Crippen LogP) is 7.11. The zero-order valence-electron chi connectivity index (χ0n) is 20.7. The maximum Gasteiger partial charge on any atom is 0.514 e. The molecule has 0 aliphatic heterocycles. The van der Waals surface area contributed by atoms with Crippen LogP contribution in [0.1, 0.15) is 51.9 Å². The number of aromatic nitrogens is 2. The molecule has 0 amide bonds. The van der Waals surface area contributed by atoms with Crippen molar-refractivity contribution >= 4 is 17.2 Å². The Morgan fingerprint density at radius 3 is 2.49 bits per heavy atom. The zero-order valence-corrected chi connectivity index (χ0v) is 20.7. The van der Waals surface area contributed by atoms with E-state index in [1.54, 1.807) is 39.0 Å². The van der Waals surface area contributed by atoms with Gasteiger partial charge in [0.2, 0.25) is 0 Å². The molecule has 1 N–H and O–H groups in total. The first-order valence-electron chi connectivity index (χ1n) is 12.0. The van der Waals surface area contributed by atoms with Gasteiger partial charge in [0.25, 0.3) is 0 Å². The predicted molar refractivity (Wildman–Crippen MR) is 138 cm³/mol. The van der Waals surface area contributed by atoms with Crippen LogP contribution in [0.2, 0.25) is 0 Å². The molecule has 6 heteroatoms. The molecule has 1 heterocycles. The van der Waals surface area contributed by atoms with Crippen LogP contribution >= 0.6 is 0 Å². The number of imidazole rings is 1. The first-order chi connectivity index (χ1) is 16.7. The first kappa shape index (κ1) is 24.3. The van der Waals surface area contributed by atoms with Crippen molar-refractivity contribution in [3.63, 3.8) is 0 Å². The second-order valence-electron chi connectivity index (χ2n) is 9.65. The Hall–Kier alpha value is -3.80. The van der Waals surface area contributed by atoms with Crippen LogP contribution in [0, 0.1) is 0 Å². The summed E-state index contributed by atoms with van der Waals surface area (Å²) in [5, 5.41) is 10.0. The number of ether oxygens (including phenoxy) is 2. The molecule has 0 unspecified atom stereocenters. The van der Waals surface area contributed by atoms with Gasteiger partial charge in [-0.05, 0) is 56.5 Å². The van der Waals surface area contributed by atoms with Crippen molar-refractivity contribution in [2.45, 2.75) is 59.1 Å². The molecule has 0 atom stereocenters. The van der Waals surface area contributed by atoms with Crippen molar-refractivity contribution < 1.29 is 19.4 Å². The molecule has 1 aromatic heterocycles. The van der Waals surface area contributed by atoms with E-state index in [4.69, 9.17) is 14.5 Å². The lowest BCUT2D eigenvalue weighted by atomic mass is 10.0. The minimum atomic E-state index is -0.726. The largest absolute Gasteiger partial charge is 0.514 e. The van der Waals surface area contributed by atoms with Crippen LogP contribution in [-0.2, 0) is 17.7 Å². The van der Waals surface area contributed by atoms with Crippen molar-refractivity contribution in [3.8, 4) is 22.6 Å². The Bertz CT molecular complexity index is 1320. The van der Waals surface area contributed by atoms with Gasteiger partial charge in [-0.15, -0.1) is 0 Å². The molecule has 3 aromatic carbocycles. The average molecular weight is 473 g/mol. The number of hydrogen-bond donors (Lipinski definition) is 1. The summed E-state index contributed by atoms with van der Waals surface area (Å²) in [5.41, 5.74) is 4.05. The number of phenolic OH excluding ortho intramolecular Hbond substituents is 1. The van der Waals surface area contributed by atoms with E-state index >= 15 is 0 Å². The number of para-hydroxylation sites is 1. The fourth-order valence-electron chi connectivity index (χ4n) is 3.99. The fourth-order valence-corrected chi connectivity index (χ4v) is 3.99. The molecule has 4 rings (SSSR count). The number of aromatic hydroxyl groups is 1. The molecule has 6 nitrogen and oxygen atoms in total. The van der Waals surface area contributed by atoms with Crippen molar-refractivity contribution in [3.05, 3.63) is 78.1 Å². The highest BCUT2D eigenvalue weighted by atomic mass is 16.7. The average Bonchev–Trinajstić information content (AvgIpc) is 3.14.